The van der Waals surface area contributed by atoms with E-state index in [-0.39, 0.29) is 30.5 Å². The summed E-state index contributed by atoms with van der Waals surface area (Å²) < 4.78 is 0. The number of nitrogens with zero attached hydrogens (tertiary/aromatic N) is 1. The Balaban J connectivity index is 0.00000169. The van der Waals surface area contributed by atoms with Crippen LogP contribution in [0.25, 0.3) is 0 Å². The molecule has 0 fully saturated rings. The van der Waals surface area contributed by atoms with Crippen molar-refractivity contribution < 1.29 is 5.11 Å². The van der Waals surface area contributed by atoms with Gasteiger partial charge < -0.3 is 10.8 Å². The minimum absolute atomic E-state index is 0. The van der Waals surface area contributed by atoms with Gasteiger partial charge >= 0.3 is 0 Å². The Kier molecular flexibility index (Phi) is 5.05. The molecule has 0 aliphatic rings. The van der Waals surface area contributed by atoms with E-state index in [0.29, 0.717) is 0 Å². The summed E-state index contributed by atoms with van der Waals surface area (Å²) in [7, 11) is 0. The van der Waals surface area contributed by atoms with Crippen LogP contribution in [0.5, 0.6) is 0 Å². The lowest BCUT2D eigenvalue weighted by Gasteiger charge is -2.28. The minimum atomic E-state index is -0.325. The van der Waals surface area contributed by atoms with E-state index < -0.39 is 0 Å². The summed E-state index contributed by atoms with van der Waals surface area (Å²) in [5.41, 5.74) is 6.46. The van der Waals surface area contributed by atoms with Crippen LogP contribution in [0.1, 0.15) is 25.6 Å². The molecule has 0 spiro atoms. The third kappa shape index (κ3) is 2.94. The third-order valence-corrected chi connectivity index (χ3v) is 2.26. The third-order valence-electron chi connectivity index (χ3n) is 2.26. The highest BCUT2D eigenvalue weighted by Gasteiger charge is 2.27. The van der Waals surface area contributed by atoms with Crippen molar-refractivity contribution in [1.82, 2.24) is 4.98 Å². The van der Waals surface area contributed by atoms with Gasteiger partial charge in [0.05, 0.1) is 18.3 Å². The molecule has 0 aliphatic carbocycles. The molecule has 14 heavy (non-hydrogen) atoms. The van der Waals surface area contributed by atoms with Gasteiger partial charge in [0.1, 0.15) is 0 Å². The lowest BCUT2D eigenvalue weighted by molar-refractivity contribution is 0.130. The highest BCUT2D eigenvalue weighted by atomic mass is 35.5. The van der Waals surface area contributed by atoms with Gasteiger partial charge in [-0.2, -0.15) is 0 Å². The molecule has 1 aromatic rings. The fourth-order valence-corrected chi connectivity index (χ4v) is 1.06. The van der Waals surface area contributed by atoms with Crippen molar-refractivity contribution in [2.24, 2.45) is 11.1 Å². The Labute approximate surface area is 90.8 Å². The predicted molar refractivity (Wildman–Crippen MR) is 59.3 cm³/mol. The number of aliphatic hydroxyl groups excluding tert-OH is 1. The molecule has 0 aliphatic heterocycles. The van der Waals surface area contributed by atoms with Crippen LogP contribution in [0, 0.1) is 5.41 Å². The maximum absolute atomic E-state index is 9.12. The van der Waals surface area contributed by atoms with Crippen LogP contribution in [0.2, 0.25) is 0 Å². The van der Waals surface area contributed by atoms with E-state index in [1.165, 1.54) is 0 Å². The molecule has 80 valence electrons. The smallest absolute Gasteiger partial charge is 0.0577 e. The Morgan fingerprint density at radius 1 is 1.50 bits per heavy atom. The number of hydrogen-bond donors (Lipinski definition) is 2. The molecule has 0 unspecified atom stereocenters. The molecule has 3 nitrogen and oxygen atoms in total. The lowest BCUT2D eigenvalue weighted by atomic mass is 9.84. The van der Waals surface area contributed by atoms with Gasteiger partial charge in [-0.25, -0.2) is 0 Å². The van der Waals surface area contributed by atoms with Crippen molar-refractivity contribution in [3.05, 3.63) is 30.1 Å². The van der Waals surface area contributed by atoms with Gasteiger partial charge in [0, 0.05) is 11.6 Å². The number of hydrogen-bond acceptors (Lipinski definition) is 3. The minimum Gasteiger partial charge on any atom is -0.396 e. The predicted octanol–water partition coefficient (Wildman–Crippen LogP) is 1.52. The number of halogens is 1. The first kappa shape index (κ1) is 13.4. The van der Waals surface area contributed by atoms with Crippen molar-refractivity contribution >= 4 is 12.4 Å². The van der Waals surface area contributed by atoms with Gasteiger partial charge in [-0.05, 0) is 12.1 Å². The van der Waals surface area contributed by atoms with Crippen molar-refractivity contribution in [2.45, 2.75) is 19.9 Å². The number of nitrogens with two attached hydrogens (primary N) is 1. The van der Waals surface area contributed by atoms with Crippen molar-refractivity contribution in [3.8, 4) is 0 Å². The molecule has 0 radical (unpaired) electrons. The summed E-state index contributed by atoms with van der Waals surface area (Å²) in [6.45, 7) is 3.91. The Morgan fingerprint density at radius 3 is 2.57 bits per heavy atom. The van der Waals surface area contributed by atoms with Crippen LogP contribution in [0.15, 0.2) is 24.4 Å². The number of aliphatic hydroxyl groups is 1. The largest absolute Gasteiger partial charge is 0.396 e. The molecule has 0 bridgehead atoms. The normalized spacial score (nSPS) is 13.1. The Morgan fingerprint density at radius 2 is 2.14 bits per heavy atom. The zero-order valence-corrected chi connectivity index (χ0v) is 9.29. The average molecular weight is 217 g/mol. The second-order valence-corrected chi connectivity index (χ2v) is 3.88. The van der Waals surface area contributed by atoms with Gasteiger partial charge in [0.25, 0.3) is 0 Å². The van der Waals surface area contributed by atoms with Crippen molar-refractivity contribution in [3.63, 3.8) is 0 Å². The lowest BCUT2D eigenvalue weighted by Crippen LogP contribution is -2.32. The SMILES string of the molecule is CC(C)(CO)[C@H](N)c1ccccn1.Cl. The number of pyridine rings is 1. The average Bonchev–Trinajstić information content (AvgIpc) is 2.18. The first-order valence-corrected chi connectivity index (χ1v) is 4.35. The summed E-state index contributed by atoms with van der Waals surface area (Å²) in [5, 5.41) is 9.12. The Hall–Kier alpha value is -0.640. The number of aromatic nitrogens is 1. The monoisotopic (exact) mass is 216 g/mol. The summed E-state index contributed by atoms with van der Waals surface area (Å²) >= 11 is 0. The van der Waals surface area contributed by atoms with Crippen LogP contribution in [0.3, 0.4) is 0 Å². The number of rotatable bonds is 3. The fraction of sp³-hybridized carbons (Fsp3) is 0.500. The summed E-state index contributed by atoms with van der Waals surface area (Å²) in [4.78, 5) is 4.16. The summed E-state index contributed by atoms with van der Waals surface area (Å²) in [5.74, 6) is 0. The van der Waals surface area contributed by atoms with Gasteiger partial charge in [-0.1, -0.05) is 19.9 Å². The van der Waals surface area contributed by atoms with Gasteiger partial charge in [0.15, 0.2) is 0 Å². The van der Waals surface area contributed by atoms with E-state index in [1.807, 2.05) is 32.0 Å². The van der Waals surface area contributed by atoms with E-state index in [0.717, 1.165) is 5.69 Å². The molecule has 0 saturated heterocycles. The van der Waals surface area contributed by atoms with E-state index >= 15 is 0 Å². The van der Waals surface area contributed by atoms with Crippen molar-refractivity contribution in [2.75, 3.05) is 6.61 Å². The van der Waals surface area contributed by atoms with Crippen molar-refractivity contribution in [1.29, 1.82) is 0 Å². The molecular formula is C10H17ClN2O. The van der Waals surface area contributed by atoms with E-state index in [4.69, 9.17) is 10.8 Å². The van der Waals surface area contributed by atoms with Crippen LogP contribution in [0.4, 0.5) is 0 Å². The van der Waals surface area contributed by atoms with Gasteiger partial charge in [-0.3, -0.25) is 4.98 Å². The maximum atomic E-state index is 9.12. The first-order chi connectivity index (χ1) is 6.08. The van der Waals surface area contributed by atoms with Gasteiger partial charge in [0.2, 0.25) is 0 Å². The fourth-order valence-electron chi connectivity index (χ4n) is 1.06. The van der Waals surface area contributed by atoms with Crippen LogP contribution >= 0.6 is 12.4 Å². The topological polar surface area (TPSA) is 59.1 Å². The summed E-state index contributed by atoms with van der Waals surface area (Å²) in [6.07, 6.45) is 1.71. The van der Waals surface area contributed by atoms with E-state index in [1.54, 1.807) is 6.20 Å². The molecule has 1 atom stereocenters. The maximum Gasteiger partial charge on any atom is 0.0577 e. The van der Waals surface area contributed by atoms with Crippen LogP contribution < -0.4 is 5.73 Å². The van der Waals surface area contributed by atoms with Crippen LogP contribution in [-0.4, -0.2) is 16.7 Å². The molecule has 4 heteroatoms. The second kappa shape index (κ2) is 5.29. The molecule has 0 amide bonds. The van der Waals surface area contributed by atoms with E-state index in [2.05, 4.69) is 4.98 Å². The molecular weight excluding hydrogens is 200 g/mol. The standard InChI is InChI=1S/C10H16N2O.ClH/c1-10(2,7-13)9(11)8-5-3-4-6-12-8;/h3-6,9,13H,7,11H2,1-2H3;1H/t9-;/m1./s1. The Bertz CT molecular complexity index is 264. The van der Waals surface area contributed by atoms with Gasteiger partial charge in [-0.15, -0.1) is 12.4 Å². The zero-order valence-electron chi connectivity index (χ0n) is 8.47. The first-order valence-electron chi connectivity index (χ1n) is 4.35. The molecule has 1 heterocycles. The highest BCUT2D eigenvalue weighted by molar-refractivity contribution is 5.85. The quantitative estimate of drug-likeness (QED) is 0.806. The molecule has 1 rings (SSSR count). The summed E-state index contributed by atoms with van der Waals surface area (Å²) in [6, 6.07) is 5.40. The molecule has 1 aromatic heterocycles. The van der Waals surface area contributed by atoms with E-state index in [9.17, 15) is 0 Å². The van der Waals surface area contributed by atoms with Crippen LogP contribution in [-0.2, 0) is 0 Å². The second-order valence-electron chi connectivity index (χ2n) is 3.88. The highest BCUT2D eigenvalue weighted by Crippen LogP contribution is 2.28. The molecule has 3 N–H and O–H groups in total. The molecule has 0 aromatic carbocycles. The molecule has 0 saturated carbocycles. The zero-order chi connectivity index (χ0) is 9.90.